The molecule has 116 valence electrons. The van der Waals surface area contributed by atoms with Crippen LogP contribution in [0.2, 0.25) is 5.02 Å². The van der Waals surface area contributed by atoms with Crippen LogP contribution in [0.3, 0.4) is 0 Å². The van der Waals surface area contributed by atoms with E-state index in [2.05, 4.69) is 15.5 Å². The van der Waals surface area contributed by atoms with E-state index >= 15 is 0 Å². The highest BCUT2D eigenvalue weighted by Gasteiger charge is 2.05. The summed E-state index contributed by atoms with van der Waals surface area (Å²) in [6.07, 6.45) is 1.73. The largest absolute Gasteiger partial charge is 0.497 e. The first-order chi connectivity index (χ1) is 11.2. The number of halogens is 1. The molecule has 0 radical (unpaired) electrons. The van der Waals surface area contributed by atoms with Crippen LogP contribution in [0.5, 0.6) is 5.75 Å². The number of anilines is 1. The zero-order chi connectivity index (χ0) is 16.2. The number of methoxy groups -OCH3 is 1. The summed E-state index contributed by atoms with van der Waals surface area (Å²) in [5.41, 5.74) is 6.70. The van der Waals surface area contributed by atoms with E-state index in [0.717, 1.165) is 33.6 Å². The number of hydrogen-bond acceptors (Lipinski definition) is 4. The lowest BCUT2D eigenvalue weighted by molar-refractivity contribution is 0.415. The molecule has 0 atom stereocenters. The van der Waals surface area contributed by atoms with Crippen LogP contribution in [0.4, 0.5) is 5.69 Å². The Morgan fingerprint density at radius 3 is 2.83 bits per heavy atom. The van der Waals surface area contributed by atoms with Gasteiger partial charge < -0.3 is 4.74 Å². The molecule has 5 heteroatoms. The molecule has 0 fully saturated rings. The molecule has 0 spiro atoms. The van der Waals surface area contributed by atoms with E-state index in [1.807, 2.05) is 55.5 Å². The molecule has 0 saturated carbocycles. The second kappa shape index (κ2) is 6.67. The van der Waals surface area contributed by atoms with Crippen molar-refractivity contribution in [2.24, 2.45) is 5.10 Å². The summed E-state index contributed by atoms with van der Waals surface area (Å²) < 4.78 is 5.29. The third-order valence-electron chi connectivity index (χ3n) is 3.39. The van der Waals surface area contributed by atoms with E-state index < -0.39 is 0 Å². The number of nitrogens with zero attached hydrogens (tertiary/aromatic N) is 2. The minimum absolute atomic E-state index is 0.684. The summed E-state index contributed by atoms with van der Waals surface area (Å²) >= 11 is 5.97. The van der Waals surface area contributed by atoms with Crippen LogP contribution in [-0.4, -0.2) is 18.3 Å². The van der Waals surface area contributed by atoms with Crippen molar-refractivity contribution in [3.8, 4) is 5.75 Å². The summed E-state index contributed by atoms with van der Waals surface area (Å²) in [4.78, 5) is 4.52. The lowest BCUT2D eigenvalue weighted by Gasteiger charge is -2.08. The van der Waals surface area contributed by atoms with Crippen molar-refractivity contribution in [1.29, 1.82) is 0 Å². The Morgan fingerprint density at radius 1 is 1.17 bits per heavy atom. The molecule has 23 heavy (non-hydrogen) atoms. The predicted octanol–water partition coefficient (Wildman–Crippen LogP) is 4.65. The van der Waals surface area contributed by atoms with E-state index in [0.29, 0.717) is 5.02 Å². The number of fused-ring (bicyclic) bond motifs is 1. The van der Waals surface area contributed by atoms with Crippen molar-refractivity contribution < 1.29 is 4.74 Å². The van der Waals surface area contributed by atoms with Crippen molar-refractivity contribution in [3.63, 3.8) is 0 Å². The first-order valence-electron chi connectivity index (χ1n) is 7.16. The fraction of sp³-hybridized carbons (Fsp3) is 0.111. The second-order valence-electron chi connectivity index (χ2n) is 5.12. The molecule has 1 N–H and O–H groups in total. The SMILES string of the molecule is COc1ccc2nc(C)cc(N/N=C/c3cccc(Cl)c3)c2c1. The number of hydrazone groups is 1. The lowest BCUT2D eigenvalue weighted by Crippen LogP contribution is -1.95. The normalized spacial score (nSPS) is 11.1. The van der Waals surface area contributed by atoms with Gasteiger partial charge in [0.05, 0.1) is 24.5 Å². The first kappa shape index (κ1) is 15.3. The Morgan fingerprint density at radius 2 is 2.04 bits per heavy atom. The minimum Gasteiger partial charge on any atom is -0.497 e. The van der Waals surface area contributed by atoms with Crippen LogP contribution >= 0.6 is 11.6 Å². The Kier molecular flexibility index (Phi) is 4.44. The topological polar surface area (TPSA) is 46.5 Å². The van der Waals surface area contributed by atoms with Crippen molar-refractivity contribution in [2.45, 2.75) is 6.92 Å². The number of benzene rings is 2. The number of rotatable bonds is 4. The molecule has 0 amide bonds. The second-order valence-corrected chi connectivity index (χ2v) is 5.56. The molecule has 0 saturated heterocycles. The summed E-state index contributed by atoms with van der Waals surface area (Å²) in [6.45, 7) is 1.95. The van der Waals surface area contributed by atoms with Gasteiger partial charge in [-0.15, -0.1) is 0 Å². The molecule has 2 aromatic carbocycles. The lowest BCUT2D eigenvalue weighted by atomic mass is 10.1. The van der Waals surface area contributed by atoms with Crippen LogP contribution in [0.15, 0.2) is 53.6 Å². The maximum atomic E-state index is 5.97. The maximum Gasteiger partial charge on any atom is 0.119 e. The van der Waals surface area contributed by atoms with Gasteiger partial charge in [0.1, 0.15) is 5.75 Å². The van der Waals surface area contributed by atoms with E-state index in [9.17, 15) is 0 Å². The van der Waals surface area contributed by atoms with Crippen molar-refractivity contribution >= 4 is 34.4 Å². The van der Waals surface area contributed by atoms with Crippen molar-refractivity contribution in [1.82, 2.24) is 4.98 Å². The summed E-state index contributed by atoms with van der Waals surface area (Å²) in [5, 5.41) is 5.94. The minimum atomic E-state index is 0.684. The molecule has 1 aromatic heterocycles. The van der Waals surface area contributed by atoms with Gasteiger partial charge in [0.15, 0.2) is 0 Å². The molecule has 0 aliphatic carbocycles. The zero-order valence-electron chi connectivity index (χ0n) is 12.9. The molecule has 0 aliphatic heterocycles. The van der Waals surface area contributed by atoms with Crippen molar-refractivity contribution in [2.75, 3.05) is 12.5 Å². The summed E-state index contributed by atoms with van der Waals surface area (Å²) in [7, 11) is 1.65. The number of ether oxygens (including phenoxy) is 1. The van der Waals surface area contributed by atoms with Crippen LogP contribution in [0, 0.1) is 6.92 Å². The fourth-order valence-electron chi connectivity index (χ4n) is 2.32. The predicted molar refractivity (Wildman–Crippen MR) is 95.7 cm³/mol. The molecule has 3 aromatic rings. The molecule has 3 rings (SSSR count). The molecule has 1 heterocycles. The quantitative estimate of drug-likeness (QED) is 0.561. The fourth-order valence-corrected chi connectivity index (χ4v) is 2.52. The maximum absolute atomic E-state index is 5.97. The van der Waals surface area contributed by atoms with Gasteiger partial charge in [0.2, 0.25) is 0 Å². The number of pyridine rings is 1. The monoisotopic (exact) mass is 325 g/mol. The number of nitrogens with one attached hydrogen (secondary N) is 1. The molecule has 0 unspecified atom stereocenters. The molecular weight excluding hydrogens is 310 g/mol. The Bertz CT molecular complexity index is 877. The Labute approximate surface area is 139 Å². The third kappa shape index (κ3) is 3.60. The highest BCUT2D eigenvalue weighted by Crippen LogP contribution is 2.27. The number of aryl methyl sites for hydroxylation is 1. The van der Waals surface area contributed by atoms with Gasteiger partial charge in [-0.2, -0.15) is 5.10 Å². The number of aromatic nitrogens is 1. The Hall–Kier alpha value is -2.59. The van der Waals surface area contributed by atoms with Gasteiger partial charge in [0, 0.05) is 16.1 Å². The average molecular weight is 326 g/mol. The van der Waals surface area contributed by atoms with Gasteiger partial charge >= 0.3 is 0 Å². The molecular formula is C18H16ClN3O. The molecule has 0 bridgehead atoms. The summed E-state index contributed by atoms with van der Waals surface area (Å²) in [5.74, 6) is 0.782. The van der Waals surface area contributed by atoms with E-state index in [-0.39, 0.29) is 0 Å². The Balaban J connectivity index is 1.92. The standard InChI is InChI=1S/C18H16ClN3O/c1-12-8-18(16-10-15(23-2)6-7-17(16)21-12)22-20-11-13-4-3-5-14(19)9-13/h3-11H,1-2H3,(H,21,22)/b20-11+. The van der Waals surface area contributed by atoms with Gasteiger partial charge in [-0.05, 0) is 48.9 Å². The van der Waals surface area contributed by atoms with Gasteiger partial charge in [-0.3, -0.25) is 10.4 Å². The summed E-state index contributed by atoms with van der Waals surface area (Å²) in [6, 6.07) is 15.2. The third-order valence-corrected chi connectivity index (χ3v) is 3.63. The van der Waals surface area contributed by atoms with Crippen LogP contribution in [0.1, 0.15) is 11.3 Å². The van der Waals surface area contributed by atoms with Gasteiger partial charge in [-0.25, -0.2) is 0 Å². The van der Waals surface area contributed by atoms with E-state index in [4.69, 9.17) is 16.3 Å². The van der Waals surface area contributed by atoms with E-state index in [1.165, 1.54) is 0 Å². The zero-order valence-corrected chi connectivity index (χ0v) is 13.6. The highest BCUT2D eigenvalue weighted by molar-refractivity contribution is 6.30. The van der Waals surface area contributed by atoms with Gasteiger partial charge in [0.25, 0.3) is 0 Å². The highest BCUT2D eigenvalue weighted by atomic mass is 35.5. The number of hydrogen-bond donors (Lipinski definition) is 1. The molecule has 0 aliphatic rings. The smallest absolute Gasteiger partial charge is 0.119 e. The van der Waals surface area contributed by atoms with Crippen LogP contribution in [-0.2, 0) is 0 Å². The van der Waals surface area contributed by atoms with E-state index in [1.54, 1.807) is 13.3 Å². The van der Waals surface area contributed by atoms with Crippen LogP contribution in [0.25, 0.3) is 10.9 Å². The molecule has 4 nitrogen and oxygen atoms in total. The van der Waals surface area contributed by atoms with Crippen LogP contribution < -0.4 is 10.2 Å². The van der Waals surface area contributed by atoms with Crippen molar-refractivity contribution in [3.05, 3.63) is 64.8 Å². The first-order valence-corrected chi connectivity index (χ1v) is 7.53. The average Bonchev–Trinajstić information content (AvgIpc) is 2.54. The van der Waals surface area contributed by atoms with Gasteiger partial charge in [-0.1, -0.05) is 23.7 Å².